The predicted molar refractivity (Wildman–Crippen MR) is 128 cm³/mol. The van der Waals surface area contributed by atoms with Crippen LogP contribution in [0.2, 0.25) is 0 Å². The van der Waals surface area contributed by atoms with E-state index in [1.807, 2.05) is 20.8 Å². The number of aromatic nitrogens is 2. The Labute approximate surface area is 204 Å². The van der Waals surface area contributed by atoms with Crippen LogP contribution in [0.1, 0.15) is 44.0 Å². The van der Waals surface area contributed by atoms with E-state index in [-0.39, 0.29) is 29.8 Å². The highest BCUT2D eigenvalue weighted by molar-refractivity contribution is 5.98. The number of hydrogen-bond acceptors (Lipinski definition) is 6. The molecule has 1 saturated heterocycles. The summed E-state index contributed by atoms with van der Waals surface area (Å²) in [6.07, 6.45) is 1.09. The molecule has 4 N–H and O–H groups in total. The smallest absolute Gasteiger partial charge is 0.407 e. The second-order valence-electron chi connectivity index (χ2n) is 10.2. The molecule has 1 unspecified atom stereocenters. The van der Waals surface area contributed by atoms with Gasteiger partial charge in [0.05, 0.1) is 18.0 Å². The molecule has 2 heterocycles. The predicted octanol–water partition coefficient (Wildman–Crippen LogP) is 3.41. The molecule has 0 bridgehead atoms. The fraction of sp³-hybridized carbons (Fsp3) is 0.500. The van der Waals surface area contributed by atoms with E-state index in [0.29, 0.717) is 12.1 Å². The zero-order chi connectivity index (χ0) is 26.1. The van der Waals surface area contributed by atoms with E-state index in [1.54, 1.807) is 19.0 Å². The first-order valence-corrected chi connectivity index (χ1v) is 11.3. The summed E-state index contributed by atoms with van der Waals surface area (Å²) >= 11 is 0. The number of carboxylic acid groups (broad SMARTS) is 1. The van der Waals surface area contributed by atoms with E-state index in [9.17, 15) is 24.3 Å². The van der Waals surface area contributed by atoms with Crippen molar-refractivity contribution < 1.29 is 19.1 Å². The average Bonchev–Trinajstić information content (AvgIpc) is 3.17. The van der Waals surface area contributed by atoms with Gasteiger partial charge in [-0.25, -0.2) is 13.9 Å². The zero-order valence-electron chi connectivity index (χ0n) is 20.6. The lowest BCUT2D eigenvalue weighted by molar-refractivity contribution is -0.106. The monoisotopic (exact) mass is 485 g/mol. The number of nitrogens with zero attached hydrogens (tertiary/aromatic N) is 5. The first-order chi connectivity index (χ1) is 16.3. The van der Waals surface area contributed by atoms with E-state index in [1.165, 1.54) is 40.0 Å². The molecule has 0 spiro atoms. The van der Waals surface area contributed by atoms with Gasteiger partial charge in [0, 0.05) is 18.4 Å². The Kier molecular flexibility index (Phi) is 7.08. The van der Waals surface area contributed by atoms with Gasteiger partial charge in [-0.3, -0.25) is 9.69 Å². The molecule has 0 saturated carbocycles. The van der Waals surface area contributed by atoms with Gasteiger partial charge in [-0.05, 0) is 56.6 Å². The van der Waals surface area contributed by atoms with E-state index in [0.717, 1.165) is 0 Å². The van der Waals surface area contributed by atoms with E-state index >= 15 is 0 Å². The van der Waals surface area contributed by atoms with Gasteiger partial charge in [0.2, 0.25) is 0 Å². The van der Waals surface area contributed by atoms with Crippen LogP contribution in [0.5, 0.6) is 0 Å². The van der Waals surface area contributed by atoms with Gasteiger partial charge in [-0.2, -0.15) is 10.4 Å². The summed E-state index contributed by atoms with van der Waals surface area (Å²) in [5.41, 5.74) is 4.69. The number of primary amides is 1. The topological polar surface area (TPSA) is 141 Å². The lowest BCUT2D eigenvalue weighted by Gasteiger charge is -2.55. The maximum absolute atomic E-state index is 13.4. The fourth-order valence-electron chi connectivity index (χ4n) is 4.95. The summed E-state index contributed by atoms with van der Waals surface area (Å²) in [5, 5.41) is 27.9. The summed E-state index contributed by atoms with van der Waals surface area (Å²) in [7, 11) is 3.54. The number of carbonyl (C=O) groups excluding carboxylic acids is 1. The highest BCUT2D eigenvalue weighted by Gasteiger charge is 2.57. The lowest BCUT2D eigenvalue weighted by Crippen LogP contribution is -2.69. The molecule has 0 radical (unpaired) electrons. The number of likely N-dealkylation sites (tertiary alicyclic amines) is 1. The molecule has 3 atom stereocenters. The van der Waals surface area contributed by atoms with Crippen molar-refractivity contribution in [1.29, 1.82) is 5.26 Å². The molecule has 1 aromatic heterocycles. The number of halogens is 1. The minimum absolute atomic E-state index is 0.0641. The largest absolute Gasteiger partial charge is 0.465 e. The Morgan fingerprint density at radius 1 is 1.34 bits per heavy atom. The maximum atomic E-state index is 13.4. The minimum Gasteiger partial charge on any atom is -0.465 e. The molecule has 11 heteroatoms. The number of nitrogens with two attached hydrogens (primary N) is 1. The Morgan fingerprint density at radius 2 is 1.97 bits per heavy atom. The maximum Gasteiger partial charge on any atom is 0.407 e. The van der Waals surface area contributed by atoms with Gasteiger partial charge in [0.25, 0.3) is 5.91 Å². The Balaban J connectivity index is 2.25. The second-order valence-corrected chi connectivity index (χ2v) is 10.2. The zero-order valence-corrected chi connectivity index (χ0v) is 20.6. The van der Waals surface area contributed by atoms with Crippen molar-refractivity contribution in [3.8, 4) is 6.07 Å². The Hall–Kier alpha value is -3.65. The number of anilines is 2. The summed E-state index contributed by atoms with van der Waals surface area (Å²) < 4.78 is 14.9. The molecule has 3 rings (SSSR count). The molecule has 188 valence electrons. The first kappa shape index (κ1) is 26.0. The van der Waals surface area contributed by atoms with E-state index in [2.05, 4.69) is 16.5 Å². The number of amides is 2. The van der Waals surface area contributed by atoms with Crippen LogP contribution in [0.3, 0.4) is 0 Å². The molecular weight excluding hydrogens is 453 g/mol. The third-order valence-electron chi connectivity index (χ3n) is 6.42. The van der Waals surface area contributed by atoms with Gasteiger partial charge in [-0.1, -0.05) is 20.8 Å². The Bertz CT molecular complexity index is 1130. The van der Waals surface area contributed by atoms with Crippen molar-refractivity contribution in [3.63, 3.8) is 0 Å². The van der Waals surface area contributed by atoms with Crippen molar-refractivity contribution in [2.45, 2.75) is 45.3 Å². The van der Waals surface area contributed by atoms with Crippen LogP contribution in [0.15, 0.2) is 30.5 Å². The molecule has 0 aliphatic carbocycles. The van der Waals surface area contributed by atoms with Gasteiger partial charge < -0.3 is 21.1 Å². The summed E-state index contributed by atoms with van der Waals surface area (Å²) in [6, 6.07) is 7.22. The highest BCUT2D eigenvalue weighted by atomic mass is 19.1. The Morgan fingerprint density at radius 3 is 2.46 bits per heavy atom. The summed E-state index contributed by atoms with van der Waals surface area (Å²) in [5.74, 6) is -1.68. The number of carbonyl (C=O) groups is 2. The van der Waals surface area contributed by atoms with Crippen LogP contribution in [0, 0.1) is 28.5 Å². The normalized spacial score (nSPS) is 22.6. The summed E-state index contributed by atoms with van der Waals surface area (Å²) in [6.45, 7) is 6.21. The van der Waals surface area contributed by atoms with E-state index in [4.69, 9.17) is 5.73 Å². The van der Waals surface area contributed by atoms with Crippen LogP contribution >= 0.6 is 0 Å². The lowest BCUT2D eigenvalue weighted by atomic mass is 9.73. The molecule has 1 aliphatic rings. The highest BCUT2D eigenvalue weighted by Crippen LogP contribution is 2.45. The molecule has 35 heavy (non-hydrogen) atoms. The second kappa shape index (κ2) is 9.54. The SMILES string of the molecule is CN(C)[C@]1(n2cc(C(N)=O)c(Nc3ccc(F)cc3)n2)C(CC(C)(C)C)N(C(=O)O)CC[C@@H]1C#N. The molecular formula is C24H32FN7O3. The van der Waals surface area contributed by atoms with Gasteiger partial charge in [0.15, 0.2) is 11.5 Å². The fourth-order valence-corrected chi connectivity index (χ4v) is 4.95. The number of hydrogen-bond donors (Lipinski definition) is 3. The molecule has 1 aliphatic heterocycles. The van der Waals surface area contributed by atoms with Gasteiger partial charge >= 0.3 is 6.09 Å². The van der Waals surface area contributed by atoms with Gasteiger partial charge in [-0.15, -0.1) is 0 Å². The minimum atomic E-state index is -1.23. The van der Waals surface area contributed by atoms with Crippen molar-refractivity contribution in [1.82, 2.24) is 19.6 Å². The number of benzene rings is 1. The standard InChI is InChI=1S/C24H32FN7O3/c1-23(2,3)12-19-24(30(4)5,15(13-26)10-11-31(19)22(34)35)32-14-18(20(27)33)21(29-32)28-17-8-6-16(25)7-9-17/h6-9,14-15,19H,10-12H2,1-5H3,(H2,27,33)(H,28,29)(H,34,35)/t15-,19?,24-/m1/s1. The average molecular weight is 486 g/mol. The van der Waals surface area contributed by atoms with Crippen LogP contribution in [0.4, 0.5) is 20.7 Å². The number of likely N-dealkylation sites (N-methyl/N-ethyl adjacent to an activating group) is 1. The molecule has 2 amide bonds. The van der Waals surface area contributed by atoms with Crippen molar-refractivity contribution in [3.05, 3.63) is 41.8 Å². The van der Waals surface area contributed by atoms with Crippen LogP contribution in [-0.2, 0) is 5.66 Å². The first-order valence-electron chi connectivity index (χ1n) is 11.3. The van der Waals surface area contributed by atoms with Crippen molar-refractivity contribution >= 4 is 23.5 Å². The number of piperidine rings is 1. The molecule has 1 aromatic carbocycles. The number of rotatable bonds is 6. The van der Waals surface area contributed by atoms with Crippen molar-refractivity contribution in [2.75, 3.05) is 26.0 Å². The van der Waals surface area contributed by atoms with Crippen molar-refractivity contribution in [2.24, 2.45) is 17.1 Å². The van der Waals surface area contributed by atoms with Gasteiger partial charge in [0.1, 0.15) is 11.4 Å². The quantitative estimate of drug-likeness (QED) is 0.569. The summed E-state index contributed by atoms with van der Waals surface area (Å²) in [4.78, 5) is 27.8. The third-order valence-corrected chi connectivity index (χ3v) is 6.42. The van der Waals surface area contributed by atoms with Crippen LogP contribution < -0.4 is 11.1 Å². The third kappa shape index (κ3) is 4.93. The van der Waals surface area contributed by atoms with Crippen LogP contribution in [0.25, 0.3) is 0 Å². The number of nitriles is 1. The molecule has 10 nitrogen and oxygen atoms in total. The van der Waals surface area contributed by atoms with E-state index < -0.39 is 35.4 Å². The number of nitrogens with one attached hydrogen (secondary N) is 1. The molecule has 2 aromatic rings. The molecule has 1 fully saturated rings. The van der Waals surface area contributed by atoms with Crippen LogP contribution in [-0.4, -0.2) is 63.4 Å².